The summed E-state index contributed by atoms with van der Waals surface area (Å²) in [5, 5.41) is 17.6. The Morgan fingerprint density at radius 2 is 1.92 bits per heavy atom. The van der Waals surface area contributed by atoms with Gasteiger partial charge in [0.25, 0.3) is 0 Å². The van der Waals surface area contributed by atoms with E-state index < -0.39 is 11.5 Å². The molecule has 0 spiro atoms. The maximum absolute atomic E-state index is 11.4. The normalized spacial score (nSPS) is 20.2. The van der Waals surface area contributed by atoms with E-state index in [-0.39, 0.29) is 12.3 Å². The predicted octanol–water partition coefficient (Wildman–Crippen LogP) is 7.10. The number of hydrogen-bond acceptors (Lipinski definition) is 6. The van der Waals surface area contributed by atoms with E-state index in [0.717, 1.165) is 47.3 Å². The van der Waals surface area contributed by atoms with Crippen LogP contribution in [0.1, 0.15) is 49.0 Å². The van der Waals surface area contributed by atoms with E-state index in [1.807, 2.05) is 49.4 Å². The molecular formula is C30H25Cl2N3O4. The summed E-state index contributed by atoms with van der Waals surface area (Å²) in [4.78, 5) is 15.4. The Bertz CT molecular complexity index is 1560. The number of benzene rings is 1. The molecule has 0 saturated heterocycles. The summed E-state index contributed by atoms with van der Waals surface area (Å²) < 4.78 is 12.0. The molecule has 1 saturated carbocycles. The zero-order valence-corrected chi connectivity index (χ0v) is 22.6. The summed E-state index contributed by atoms with van der Waals surface area (Å²) >= 11 is 12.9. The Kier molecular flexibility index (Phi) is 6.57. The van der Waals surface area contributed by atoms with E-state index in [1.54, 1.807) is 18.5 Å². The zero-order valence-electron chi connectivity index (χ0n) is 21.1. The predicted molar refractivity (Wildman–Crippen MR) is 150 cm³/mol. The second kappa shape index (κ2) is 10.1. The van der Waals surface area contributed by atoms with Crippen molar-refractivity contribution in [2.45, 2.75) is 44.2 Å². The molecule has 0 amide bonds. The Labute approximate surface area is 235 Å². The van der Waals surface area contributed by atoms with Crippen molar-refractivity contribution in [1.82, 2.24) is 15.5 Å². The van der Waals surface area contributed by atoms with Crippen LogP contribution in [0.2, 0.25) is 10.0 Å². The summed E-state index contributed by atoms with van der Waals surface area (Å²) in [7, 11) is 0. The molecule has 1 aliphatic heterocycles. The molecule has 39 heavy (non-hydrogen) atoms. The number of allylic oxidation sites excluding steroid dienone is 4. The first-order valence-corrected chi connectivity index (χ1v) is 13.4. The van der Waals surface area contributed by atoms with Gasteiger partial charge in [-0.1, -0.05) is 65.1 Å². The van der Waals surface area contributed by atoms with Crippen molar-refractivity contribution < 1.29 is 19.2 Å². The molecule has 3 aliphatic rings. The molecule has 0 bridgehead atoms. The minimum absolute atomic E-state index is 0.175. The highest BCUT2D eigenvalue weighted by Crippen LogP contribution is 2.43. The Morgan fingerprint density at radius 3 is 2.59 bits per heavy atom. The lowest BCUT2D eigenvalue weighted by atomic mass is 9.81. The highest BCUT2D eigenvalue weighted by Gasteiger charge is 2.33. The van der Waals surface area contributed by atoms with E-state index in [9.17, 15) is 9.90 Å². The standard InChI is InChI=1S/C30H25Cl2N3O4/c1-30-12-11-19(13-20(30)7-10-25(34-30)29(36)37)17-5-8-21(9-6-17)38-16-22-27(26-23(31)14-33-15-24(26)32)35-39-28(22)18-3-2-4-18/h5-15,18,34H,2-4,16H2,1H3,(H,36,37). The van der Waals surface area contributed by atoms with Crippen LogP contribution >= 0.6 is 23.2 Å². The van der Waals surface area contributed by atoms with Gasteiger partial charge >= 0.3 is 5.97 Å². The summed E-state index contributed by atoms with van der Waals surface area (Å²) in [5.74, 6) is 0.866. The van der Waals surface area contributed by atoms with Crippen LogP contribution in [-0.4, -0.2) is 26.8 Å². The van der Waals surface area contributed by atoms with Gasteiger partial charge in [-0.3, -0.25) is 4.98 Å². The van der Waals surface area contributed by atoms with Crippen molar-refractivity contribution in [1.29, 1.82) is 0 Å². The summed E-state index contributed by atoms with van der Waals surface area (Å²) in [5.41, 5.74) is 4.67. The van der Waals surface area contributed by atoms with Gasteiger partial charge in [0, 0.05) is 23.9 Å². The maximum Gasteiger partial charge on any atom is 0.351 e. The van der Waals surface area contributed by atoms with Gasteiger partial charge in [0.1, 0.15) is 29.5 Å². The number of rotatable bonds is 7. The number of dihydropyridines is 1. The van der Waals surface area contributed by atoms with E-state index in [0.29, 0.717) is 33.0 Å². The zero-order chi connectivity index (χ0) is 27.1. The van der Waals surface area contributed by atoms with Gasteiger partial charge in [-0.2, -0.15) is 0 Å². The van der Waals surface area contributed by atoms with Crippen LogP contribution in [0.3, 0.4) is 0 Å². The SMILES string of the molecule is CC12C=CC(c3ccc(OCc4c(-c5c(Cl)cncc5Cl)noc4C4CCC4)cc3)=CC1=CC=C(C(=O)O)N2. The highest BCUT2D eigenvalue weighted by atomic mass is 35.5. The number of aliphatic carboxylic acids is 1. The molecule has 1 unspecified atom stereocenters. The van der Waals surface area contributed by atoms with Crippen molar-refractivity contribution in [2.75, 3.05) is 0 Å². The average molecular weight is 562 g/mol. The van der Waals surface area contributed by atoms with Crippen LogP contribution in [0, 0.1) is 0 Å². The molecule has 1 aromatic carbocycles. The fourth-order valence-electron chi connectivity index (χ4n) is 5.04. The third-order valence-electron chi connectivity index (χ3n) is 7.52. The maximum atomic E-state index is 11.4. The van der Waals surface area contributed by atoms with Crippen LogP contribution in [-0.2, 0) is 11.4 Å². The molecule has 1 atom stereocenters. The third kappa shape index (κ3) is 4.77. The van der Waals surface area contributed by atoms with E-state index in [2.05, 4.69) is 21.5 Å². The molecule has 2 aromatic heterocycles. The molecule has 9 heteroatoms. The number of pyridine rings is 1. The second-order valence-corrected chi connectivity index (χ2v) is 10.9. The van der Waals surface area contributed by atoms with Crippen LogP contribution < -0.4 is 10.1 Å². The van der Waals surface area contributed by atoms with E-state index >= 15 is 0 Å². The molecule has 2 aliphatic carbocycles. The lowest BCUT2D eigenvalue weighted by Gasteiger charge is -2.35. The third-order valence-corrected chi connectivity index (χ3v) is 8.09. The first-order chi connectivity index (χ1) is 18.8. The fraction of sp³-hybridized carbons (Fsp3) is 0.233. The number of halogens is 2. The summed E-state index contributed by atoms with van der Waals surface area (Å²) in [6, 6.07) is 7.86. The monoisotopic (exact) mass is 561 g/mol. The van der Waals surface area contributed by atoms with Crippen LogP contribution in [0.15, 0.2) is 82.8 Å². The van der Waals surface area contributed by atoms with Crippen LogP contribution in [0.5, 0.6) is 5.75 Å². The van der Waals surface area contributed by atoms with E-state index in [4.69, 9.17) is 32.5 Å². The van der Waals surface area contributed by atoms with Gasteiger partial charge < -0.3 is 19.7 Å². The quantitative estimate of drug-likeness (QED) is 0.317. The van der Waals surface area contributed by atoms with Crippen molar-refractivity contribution in [3.05, 3.63) is 105 Å². The molecule has 2 N–H and O–H groups in total. The smallest absolute Gasteiger partial charge is 0.351 e. The molecule has 7 nitrogen and oxygen atoms in total. The summed E-state index contributed by atoms with van der Waals surface area (Å²) in [6.07, 6.45) is 15.8. The lowest BCUT2D eigenvalue weighted by molar-refractivity contribution is -0.133. The number of fused-ring (bicyclic) bond motifs is 1. The van der Waals surface area contributed by atoms with Crippen molar-refractivity contribution in [3.8, 4) is 17.0 Å². The van der Waals surface area contributed by atoms with Gasteiger partial charge in [0.15, 0.2) is 0 Å². The van der Waals surface area contributed by atoms with Gasteiger partial charge in [0.05, 0.1) is 21.1 Å². The average Bonchev–Trinajstić information content (AvgIpc) is 3.28. The largest absolute Gasteiger partial charge is 0.489 e. The molecular weight excluding hydrogens is 537 g/mol. The summed E-state index contributed by atoms with van der Waals surface area (Å²) in [6.45, 7) is 2.22. The topological polar surface area (TPSA) is 97.5 Å². The molecule has 3 heterocycles. The van der Waals surface area contributed by atoms with E-state index in [1.165, 1.54) is 0 Å². The van der Waals surface area contributed by atoms with Crippen LogP contribution in [0.4, 0.5) is 0 Å². The van der Waals surface area contributed by atoms with Gasteiger partial charge in [0.2, 0.25) is 0 Å². The lowest BCUT2D eigenvalue weighted by Crippen LogP contribution is -2.45. The van der Waals surface area contributed by atoms with Gasteiger partial charge in [-0.05, 0) is 60.8 Å². The first kappa shape index (κ1) is 25.5. The second-order valence-electron chi connectivity index (χ2n) is 10.1. The Balaban J connectivity index is 1.23. The number of aromatic nitrogens is 2. The molecule has 3 aromatic rings. The van der Waals surface area contributed by atoms with Crippen molar-refractivity contribution >= 4 is 34.7 Å². The number of carboxylic acids is 1. The van der Waals surface area contributed by atoms with Crippen molar-refractivity contribution in [2.24, 2.45) is 0 Å². The molecule has 1 fully saturated rings. The molecule has 0 radical (unpaired) electrons. The number of hydrogen-bond donors (Lipinski definition) is 2. The van der Waals surface area contributed by atoms with Gasteiger partial charge in [-0.15, -0.1) is 0 Å². The van der Waals surface area contributed by atoms with Crippen molar-refractivity contribution in [3.63, 3.8) is 0 Å². The van der Waals surface area contributed by atoms with Gasteiger partial charge in [-0.25, -0.2) is 4.79 Å². The molecule has 198 valence electrons. The Hall–Kier alpha value is -3.81. The number of nitrogens with one attached hydrogen (secondary N) is 1. The number of nitrogens with zero attached hydrogens (tertiary/aromatic N) is 2. The number of carbonyl (C=O) groups is 1. The Morgan fingerprint density at radius 1 is 1.18 bits per heavy atom. The van der Waals surface area contributed by atoms with Crippen LogP contribution in [0.25, 0.3) is 16.8 Å². The minimum atomic E-state index is -0.976. The highest BCUT2D eigenvalue weighted by molar-refractivity contribution is 6.38. The minimum Gasteiger partial charge on any atom is -0.489 e. The number of ether oxygens (including phenoxy) is 1. The number of carboxylic acid groups (broad SMARTS) is 1. The molecule has 6 rings (SSSR count). The first-order valence-electron chi connectivity index (χ1n) is 12.7. The fourth-order valence-corrected chi connectivity index (χ4v) is 5.58.